The van der Waals surface area contributed by atoms with Crippen molar-refractivity contribution in [3.63, 3.8) is 0 Å². The van der Waals surface area contributed by atoms with Crippen LogP contribution < -0.4 is 0 Å². The lowest BCUT2D eigenvalue weighted by Gasteiger charge is -2.35. The summed E-state index contributed by atoms with van der Waals surface area (Å²) in [6.45, 7) is 0.410. The number of hydrogen-bond donors (Lipinski definition) is 1. The van der Waals surface area contributed by atoms with Crippen LogP contribution in [0.2, 0.25) is 0 Å². The molecule has 2 aromatic heterocycles. The molecule has 4 aromatic rings. The zero-order valence-corrected chi connectivity index (χ0v) is 18.3. The van der Waals surface area contributed by atoms with E-state index < -0.39 is 0 Å². The molecule has 0 spiro atoms. The van der Waals surface area contributed by atoms with Crippen LogP contribution in [0.3, 0.4) is 0 Å². The molecular formula is C25H23FN2O3S. The minimum atomic E-state index is -0.338. The highest BCUT2D eigenvalue weighted by molar-refractivity contribution is 7.15. The van der Waals surface area contributed by atoms with E-state index in [0.29, 0.717) is 28.5 Å². The Morgan fingerprint density at radius 2 is 2.00 bits per heavy atom. The number of amides is 1. The molecule has 1 fully saturated rings. The van der Waals surface area contributed by atoms with Crippen molar-refractivity contribution in [2.45, 2.75) is 38.3 Å². The van der Waals surface area contributed by atoms with Crippen LogP contribution in [0.25, 0.3) is 21.4 Å². The van der Waals surface area contributed by atoms with E-state index in [1.54, 1.807) is 12.1 Å². The van der Waals surface area contributed by atoms with Crippen molar-refractivity contribution in [3.05, 3.63) is 76.9 Å². The molecule has 7 heteroatoms. The highest BCUT2D eigenvalue weighted by Gasteiger charge is 2.32. The van der Waals surface area contributed by atoms with Crippen molar-refractivity contribution in [1.82, 2.24) is 9.88 Å². The zero-order chi connectivity index (χ0) is 22.1. The number of likely N-dealkylation sites (tertiary alicyclic amines) is 1. The van der Waals surface area contributed by atoms with Gasteiger partial charge in [0, 0.05) is 24.4 Å². The number of piperidine rings is 1. The van der Waals surface area contributed by atoms with Crippen LogP contribution >= 0.6 is 11.3 Å². The minimum absolute atomic E-state index is 0.0113. The molecule has 1 N–H and O–H groups in total. The Bertz CT molecular complexity index is 1210. The third-order valence-electron chi connectivity index (χ3n) is 5.92. The molecule has 1 amide bonds. The Balaban J connectivity index is 1.45. The second-order valence-corrected chi connectivity index (χ2v) is 9.14. The number of para-hydroxylation sites is 1. The molecule has 0 aliphatic carbocycles. The van der Waals surface area contributed by atoms with Crippen LogP contribution in [0.1, 0.15) is 40.5 Å². The van der Waals surface area contributed by atoms with E-state index >= 15 is 0 Å². The number of rotatable bonds is 5. The van der Waals surface area contributed by atoms with E-state index in [0.717, 1.165) is 41.6 Å². The van der Waals surface area contributed by atoms with Gasteiger partial charge in [0.25, 0.3) is 5.91 Å². The van der Waals surface area contributed by atoms with Gasteiger partial charge >= 0.3 is 0 Å². The normalized spacial score (nSPS) is 16.6. The minimum Gasteiger partial charge on any atom is -0.461 e. The first-order chi connectivity index (χ1) is 15.6. The Kier molecular flexibility index (Phi) is 5.76. The van der Waals surface area contributed by atoms with Crippen LogP contribution in [0.15, 0.2) is 59.0 Å². The first-order valence-corrected chi connectivity index (χ1v) is 11.6. The largest absolute Gasteiger partial charge is 0.461 e. The number of aromatic nitrogens is 1. The molecule has 5 nitrogen and oxygen atoms in total. The maximum atomic E-state index is 13.6. The third kappa shape index (κ3) is 4.06. The van der Waals surface area contributed by atoms with Gasteiger partial charge in [-0.25, -0.2) is 9.37 Å². The highest BCUT2D eigenvalue weighted by Crippen LogP contribution is 2.33. The van der Waals surface area contributed by atoms with Crippen LogP contribution in [0, 0.1) is 5.82 Å². The maximum absolute atomic E-state index is 13.6. The molecule has 1 atom stereocenters. The van der Waals surface area contributed by atoms with Crippen LogP contribution in [-0.4, -0.2) is 33.5 Å². The van der Waals surface area contributed by atoms with Crippen molar-refractivity contribution in [2.75, 3.05) is 6.54 Å². The molecular weight excluding hydrogens is 427 g/mol. The van der Waals surface area contributed by atoms with E-state index in [2.05, 4.69) is 4.98 Å². The summed E-state index contributed by atoms with van der Waals surface area (Å²) in [7, 11) is 0. The summed E-state index contributed by atoms with van der Waals surface area (Å²) in [5.41, 5.74) is 1.89. The van der Waals surface area contributed by atoms with E-state index in [-0.39, 0.29) is 24.4 Å². The fraction of sp³-hybridized carbons (Fsp3) is 0.280. The number of carbonyl (C=O) groups is 1. The van der Waals surface area contributed by atoms with Crippen molar-refractivity contribution in [2.24, 2.45) is 0 Å². The lowest BCUT2D eigenvalue weighted by molar-refractivity contribution is 0.0603. The van der Waals surface area contributed by atoms with E-state index in [1.807, 2.05) is 35.2 Å². The second kappa shape index (κ2) is 8.84. The number of fused-ring (bicyclic) bond motifs is 1. The van der Waals surface area contributed by atoms with E-state index in [1.165, 1.54) is 23.5 Å². The van der Waals surface area contributed by atoms with Gasteiger partial charge in [0.15, 0.2) is 0 Å². The SMILES string of the molecule is O=C(c1nc(CO)sc1-c1ccc(F)cc1)N1CCCCC1Cc1cc2ccccc2o1. The van der Waals surface area contributed by atoms with Gasteiger partial charge in [0.05, 0.1) is 11.5 Å². The number of halogens is 1. The molecule has 5 rings (SSSR count). The number of aliphatic hydroxyl groups excluding tert-OH is 1. The van der Waals surface area contributed by atoms with Gasteiger partial charge in [-0.05, 0) is 49.1 Å². The predicted molar refractivity (Wildman–Crippen MR) is 122 cm³/mol. The number of benzene rings is 2. The lowest BCUT2D eigenvalue weighted by atomic mass is 9.97. The van der Waals surface area contributed by atoms with Gasteiger partial charge in [-0.15, -0.1) is 11.3 Å². The fourth-order valence-corrected chi connectivity index (χ4v) is 5.28. The Morgan fingerprint density at radius 1 is 1.19 bits per heavy atom. The standard InChI is InChI=1S/C25H23FN2O3S/c26-18-10-8-16(9-11-18)24-23(27-22(15-29)32-24)25(30)28-12-4-3-6-19(28)14-20-13-17-5-1-2-7-21(17)31-20/h1-2,5,7-11,13,19,29H,3-4,6,12,14-15H2. The van der Waals surface area contributed by atoms with E-state index in [9.17, 15) is 14.3 Å². The summed E-state index contributed by atoms with van der Waals surface area (Å²) >= 11 is 1.27. The van der Waals surface area contributed by atoms with Crippen LogP contribution in [-0.2, 0) is 13.0 Å². The van der Waals surface area contributed by atoms with Crippen molar-refractivity contribution < 1.29 is 18.7 Å². The van der Waals surface area contributed by atoms with Crippen LogP contribution in [0.4, 0.5) is 4.39 Å². The number of aliphatic hydroxyl groups is 1. The topological polar surface area (TPSA) is 66.6 Å². The Hall–Kier alpha value is -3.03. The molecule has 0 radical (unpaired) electrons. The summed E-state index contributed by atoms with van der Waals surface area (Å²) < 4.78 is 19.4. The quantitative estimate of drug-likeness (QED) is 0.441. The third-order valence-corrected chi connectivity index (χ3v) is 7.01. The van der Waals surface area contributed by atoms with Gasteiger partial charge in [-0.3, -0.25) is 4.79 Å². The number of hydrogen-bond acceptors (Lipinski definition) is 5. The number of nitrogens with zero attached hydrogens (tertiary/aromatic N) is 2. The van der Waals surface area contributed by atoms with Gasteiger partial charge in [-0.2, -0.15) is 0 Å². The van der Waals surface area contributed by atoms with Crippen molar-refractivity contribution in [3.8, 4) is 10.4 Å². The molecule has 1 unspecified atom stereocenters. The molecule has 2 aromatic carbocycles. The number of furan rings is 1. The first-order valence-electron chi connectivity index (χ1n) is 10.8. The molecule has 1 saturated heterocycles. The smallest absolute Gasteiger partial charge is 0.274 e. The monoisotopic (exact) mass is 450 g/mol. The summed E-state index contributed by atoms with van der Waals surface area (Å²) in [6, 6.07) is 16.0. The molecule has 1 aliphatic heterocycles. The molecule has 1 aliphatic rings. The van der Waals surface area contributed by atoms with Gasteiger partial charge < -0.3 is 14.4 Å². The van der Waals surface area contributed by atoms with Crippen LogP contribution in [0.5, 0.6) is 0 Å². The average molecular weight is 451 g/mol. The number of carbonyl (C=O) groups excluding carboxylic acids is 1. The van der Waals surface area contributed by atoms with Gasteiger partial charge in [0.1, 0.15) is 27.9 Å². The number of thiazole rings is 1. The van der Waals surface area contributed by atoms with Crippen molar-refractivity contribution in [1.29, 1.82) is 0 Å². The van der Waals surface area contributed by atoms with Gasteiger partial charge in [-0.1, -0.05) is 30.3 Å². The lowest BCUT2D eigenvalue weighted by Crippen LogP contribution is -2.45. The molecule has 0 bridgehead atoms. The fourth-order valence-electron chi connectivity index (χ4n) is 4.36. The first kappa shape index (κ1) is 20.8. The Labute approximate surface area is 189 Å². The van der Waals surface area contributed by atoms with E-state index in [4.69, 9.17) is 4.42 Å². The zero-order valence-electron chi connectivity index (χ0n) is 17.5. The average Bonchev–Trinajstić information content (AvgIpc) is 3.43. The van der Waals surface area contributed by atoms with Crippen molar-refractivity contribution >= 4 is 28.2 Å². The molecule has 3 heterocycles. The summed E-state index contributed by atoms with van der Waals surface area (Å²) in [5.74, 6) is 0.375. The Morgan fingerprint density at radius 3 is 2.78 bits per heavy atom. The maximum Gasteiger partial charge on any atom is 0.274 e. The summed E-state index contributed by atoms with van der Waals surface area (Å²) in [4.78, 5) is 20.6. The highest BCUT2D eigenvalue weighted by atomic mass is 32.1. The molecule has 0 saturated carbocycles. The summed E-state index contributed by atoms with van der Waals surface area (Å²) in [6.07, 6.45) is 3.53. The molecule has 164 valence electrons. The van der Waals surface area contributed by atoms with Gasteiger partial charge in [0.2, 0.25) is 0 Å². The molecule has 32 heavy (non-hydrogen) atoms. The predicted octanol–water partition coefficient (Wildman–Crippen LogP) is 5.43. The summed E-state index contributed by atoms with van der Waals surface area (Å²) in [5, 5.41) is 11.2. The second-order valence-electron chi connectivity index (χ2n) is 8.05.